The number of Topliss-reactive ketones (excluding diaryl/α,β-unsaturated/α-hetero) is 1. The molecule has 240 valence electrons. The highest BCUT2D eigenvalue weighted by molar-refractivity contribution is 6.20. The van der Waals surface area contributed by atoms with Crippen LogP contribution in [-0.4, -0.2) is 152 Å². The number of fused-ring (bicyclic) bond motifs is 4. The number of carbonyl (C=O) groups is 2. The Labute approximate surface area is 254 Å². The molecule has 9 unspecified atom stereocenters. The molecule has 4 heterocycles. The van der Waals surface area contributed by atoms with E-state index in [1.807, 2.05) is 6.20 Å². The van der Waals surface area contributed by atoms with Crippen LogP contribution in [0.2, 0.25) is 0 Å². The molecule has 3 saturated carbocycles. The number of nitrogens with zero attached hydrogens (tertiary/aromatic N) is 4. The molecule has 7 rings (SSSR count). The fourth-order valence-corrected chi connectivity index (χ4v) is 9.55. The van der Waals surface area contributed by atoms with E-state index in [0.29, 0.717) is 51.4 Å². The van der Waals surface area contributed by atoms with Crippen molar-refractivity contribution in [2.75, 3.05) is 78.8 Å². The molecule has 3 aliphatic carbocycles. The maximum atomic E-state index is 16.4. The van der Waals surface area contributed by atoms with E-state index in [1.165, 1.54) is 19.3 Å². The minimum Gasteiger partial charge on any atom is -0.394 e. The first-order valence-corrected chi connectivity index (χ1v) is 16.9. The number of aliphatic hydroxyl groups is 1. The lowest BCUT2D eigenvalue weighted by Gasteiger charge is -2.63. The number of aliphatic hydroxyl groups excluding tert-OH is 1. The zero-order chi connectivity index (χ0) is 29.5. The summed E-state index contributed by atoms with van der Waals surface area (Å²) in [6.45, 7) is 6.78. The van der Waals surface area contributed by atoms with Crippen LogP contribution in [0.5, 0.6) is 0 Å². The highest BCUT2D eigenvalue weighted by Gasteiger charge is 2.61. The average Bonchev–Trinajstić information content (AvgIpc) is 3.04. The second kappa shape index (κ2) is 13.0. The average molecular weight is 605 g/mol. The summed E-state index contributed by atoms with van der Waals surface area (Å²) >= 11 is 0. The normalized spacial score (nSPS) is 40.4. The number of hydrogen-bond acceptors (Lipinski definition) is 9. The molecule has 3 saturated heterocycles. The van der Waals surface area contributed by atoms with Crippen LogP contribution in [0.1, 0.15) is 44.9 Å². The molecule has 0 aromatic heterocycles. The Morgan fingerprint density at radius 1 is 0.977 bits per heavy atom. The summed E-state index contributed by atoms with van der Waals surface area (Å²) in [4.78, 5) is 36.6. The minimum absolute atomic E-state index is 0.0109. The van der Waals surface area contributed by atoms with E-state index in [-0.39, 0.29) is 48.5 Å². The Balaban J connectivity index is 1.16. The lowest BCUT2D eigenvalue weighted by molar-refractivity contribution is -0.228. The summed E-state index contributed by atoms with van der Waals surface area (Å²) in [5.74, 6) is 0.141. The van der Waals surface area contributed by atoms with Gasteiger partial charge in [-0.3, -0.25) is 19.4 Å². The molecular formula is C32H49FN4O6. The number of alkyl halides is 1. The summed E-state index contributed by atoms with van der Waals surface area (Å²) in [6.07, 6.45) is 7.41. The number of ketones is 1. The maximum Gasteiger partial charge on any atom is 0.259 e. The van der Waals surface area contributed by atoms with Gasteiger partial charge in [-0.2, -0.15) is 0 Å². The van der Waals surface area contributed by atoms with Crippen molar-refractivity contribution in [3.63, 3.8) is 0 Å². The zero-order valence-electron chi connectivity index (χ0n) is 25.4. The highest BCUT2D eigenvalue weighted by Crippen LogP contribution is 2.51. The lowest BCUT2D eigenvalue weighted by atomic mass is 9.63. The van der Waals surface area contributed by atoms with Gasteiger partial charge in [0.05, 0.1) is 68.9 Å². The summed E-state index contributed by atoms with van der Waals surface area (Å²) < 4.78 is 34.4. The standard InChI is InChI=1S/C32H49FN4O6/c33-25-19-23-28-31(29(25)35-9-7-34(8-10-35)11-15-42-18-14-38)43-26-6-5-21-3-1-2-4-22(21)27(26)37(28)20-24(30(23)39)32(40)36-12-16-41-17-13-36/h20-23,25-29,31,38H,1-19H2. The van der Waals surface area contributed by atoms with Crippen LogP contribution in [0.3, 0.4) is 0 Å². The third-order valence-corrected chi connectivity index (χ3v) is 11.6. The summed E-state index contributed by atoms with van der Waals surface area (Å²) in [5.41, 5.74) is 0.239. The van der Waals surface area contributed by atoms with Crippen LogP contribution >= 0.6 is 0 Å². The van der Waals surface area contributed by atoms with Crippen molar-refractivity contribution in [1.29, 1.82) is 0 Å². The molecule has 43 heavy (non-hydrogen) atoms. The molecule has 0 bridgehead atoms. The van der Waals surface area contributed by atoms with Crippen molar-refractivity contribution in [3.05, 3.63) is 11.8 Å². The first-order chi connectivity index (χ1) is 21.0. The molecule has 7 aliphatic rings. The van der Waals surface area contributed by atoms with Gasteiger partial charge in [-0.15, -0.1) is 0 Å². The zero-order valence-corrected chi connectivity index (χ0v) is 25.4. The summed E-state index contributed by atoms with van der Waals surface area (Å²) in [7, 11) is 0. The molecule has 1 amide bonds. The van der Waals surface area contributed by atoms with Gasteiger partial charge in [0.25, 0.3) is 5.91 Å². The molecule has 0 aromatic carbocycles. The second-order valence-electron chi connectivity index (χ2n) is 13.7. The van der Waals surface area contributed by atoms with Gasteiger partial charge in [0.1, 0.15) is 6.17 Å². The smallest absolute Gasteiger partial charge is 0.259 e. The molecular weight excluding hydrogens is 555 g/mol. The molecule has 4 aliphatic heterocycles. The van der Waals surface area contributed by atoms with E-state index in [2.05, 4.69) is 14.7 Å². The lowest BCUT2D eigenvalue weighted by Crippen LogP contribution is -2.75. The number of amides is 1. The highest BCUT2D eigenvalue weighted by atomic mass is 19.1. The number of rotatable bonds is 7. The van der Waals surface area contributed by atoms with E-state index in [0.717, 1.165) is 52.0 Å². The monoisotopic (exact) mass is 604 g/mol. The third kappa shape index (κ3) is 5.67. The van der Waals surface area contributed by atoms with Crippen molar-refractivity contribution in [2.24, 2.45) is 17.8 Å². The molecule has 9 atom stereocenters. The largest absolute Gasteiger partial charge is 0.394 e. The Bertz CT molecular complexity index is 1050. The Hall–Kier alpha value is -1.63. The number of ether oxygens (including phenoxy) is 3. The van der Waals surface area contributed by atoms with Gasteiger partial charge >= 0.3 is 0 Å². The molecule has 0 aromatic rings. The number of hydrogen-bond donors (Lipinski definition) is 1. The van der Waals surface area contributed by atoms with E-state index in [9.17, 15) is 9.59 Å². The molecule has 6 fully saturated rings. The topological polar surface area (TPSA) is 95.0 Å². The molecule has 11 heteroatoms. The van der Waals surface area contributed by atoms with Gasteiger partial charge < -0.3 is 29.1 Å². The summed E-state index contributed by atoms with van der Waals surface area (Å²) in [6, 6.07) is -0.507. The maximum absolute atomic E-state index is 16.4. The Kier molecular flexibility index (Phi) is 9.09. The van der Waals surface area contributed by atoms with E-state index < -0.39 is 24.2 Å². The Morgan fingerprint density at radius 3 is 2.56 bits per heavy atom. The molecule has 1 N–H and O–H groups in total. The number of piperazine rings is 1. The third-order valence-electron chi connectivity index (χ3n) is 11.6. The van der Waals surface area contributed by atoms with Gasteiger partial charge in [-0.25, -0.2) is 4.39 Å². The number of morpholine rings is 2. The predicted octanol–water partition coefficient (Wildman–Crippen LogP) is 1.07. The predicted molar refractivity (Wildman–Crippen MR) is 156 cm³/mol. The number of carbonyl (C=O) groups excluding carboxylic acids is 2. The van der Waals surface area contributed by atoms with Crippen LogP contribution in [-0.2, 0) is 23.8 Å². The van der Waals surface area contributed by atoms with Gasteiger partial charge in [0.2, 0.25) is 0 Å². The fraction of sp³-hybridized carbons (Fsp3) is 0.875. The summed E-state index contributed by atoms with van der Waals surface area (Å²) in [5, 5.41) is 8.96. The van der Waals surface area contributed by atoms with E-state index >= 15 is 4.39 Å². The van der Waals surface area contributed by atoms with Gasteiger partial charge in [0, 0.05) is 57.9 Å². The molecule has 10 nitrogen and oxygen atoms in total. The van der Waals surface area contributed by atoms with Gasteiger partial charge in [-0.1, -0.05) is 19.3 Å². The minimum atomic E-state index is -1.20. The van der Waals surface area contributed by atoms with Crippen LogP contribution in [0.15, 0.2) is 11.8 Å². The Morgan fingerprint density at radius 2 is 1.77 bits per heavy atom. The van der Waals surface area contributed by atoms with Crippen LogP contribution < -0.4 is 0 Å². The van der Waals surface area contributed by atoms with Crippen molar-refractivity contribution in [3.8, 4) is 0 Å². The molecule has 0 spiro atoms. The van der Waals surface area contributed by atoms with Crippen molar-refractivity contribution in [2.45, 2.75) is 81.5 Å². The van der Waals surface area contributed by atoms with Crippen molar-refractivity contribution in [1.82, 2.24) is 19.6 Å². The van der Waals surface area contributed by atoms with Gasteiger partial charge in [-0.05, 0) is 37.5 Å². The van der Waals surface area contributed by atoms with Crippen LogP contribution in [0, 0.1) is 17.8 Å². The quantitative estimate of drug-likeness (QED) is 0.338. The first-order valence-electron chi connectivity index (χ1n) is 16.9. The van der Waals surface area contributed by atoms with Gasteiger partial charge in [0.15, 0.2) is 5.78 Å². The fourth-order valence-electron chi connectivity index (χ4n) is 9.55. The second-order valence-corrected chi connectivity index (χ2v) is 13.7. The van der Waals surface area contributed by atoms with Crippen molar-refractivity contribution >= 4 is 11.7 Å². The van der Waals surface area contributed by atoms with Crippen LogP contribution in [0.4, 0.5) is 4.39 Å². The first kappa shape index (κ1) is 30.0. The van der Waals surface area contributed by atoms with Crippen molar-refractivity contribution < 1.29 is 33.3 Å². The number of halogens is 1. The molecule has 0 radical (unpaired) electrons. The van der Waals surface area contributed by atoms with E-state index in [4.69, 9.17) is 19.3 Å². The van der Waals surface area contributed by atoms with E-state index in [1.54, 1.807) is 4.90 Å². The SMILES string of the molecule is O=C1C(C(=O)N2CCOCC2)=CN2C3C(CCC4CCCCC43)OC3C(N4CCN(CCOCCO)CC4)C(F)CC1C32. The van der Waals surface area contributed by atoms with Crippen LogP contribution in [0.25, 0.3) is 0 Å².